The fraction of sp³-hybridized carbons (Fsp3) is 0.308. The van der Waals surface area contributed by atoms with E-state index in [1.54, 1.807) is 0 Å². The number of anilines is 2. The van der Waals surface area contributed by atoms with Gasteiger partial charge in [0.2, 0.25) is 0 Å². The summed E-state index contributed by atoms with van der Waals surface area (Å²) in [4.78, 5) is 8.12. The van der Waals surface area contributed by atoms with Crippen molar-refractivity contribution in [3.8, 4) is 5.75 Å². The van der Waals surface area contributed by atoms with Gasteiger partial charge in [0, 0.05) is 46.2 Å². The van der Waals surface area contributed by atoms with Gasteiger partial charge in [-0.3, -0.25) is 0 Å². The van der Waals surface area contributed by atoms with E-state index in [1.165, 1.54) is 26.1 Å². The minimum atomic E-state index is -0.192. The van der Waals surface area contributed by atoms with Crippen molar-refractivity contribution >= 4 is 22.3 Å². The van der Waals surface area contributed by atoms with Crippen molar-refractivity contribution in [2.24, 2.45) is 0 Å². The number of ether oxygens (including phenoxy) is 2. The van der Waals surface area contributed by atoms with E-state index in [4.69, 9.17) is 9.47 Å². The third kappa shape index (κ3) is 6.18. The first-order valence-corrected chi connectivity index (χ1v) is 11.8. The lowest BCUT2D eigenvalue weighted by atomic mass is 10.3. The van der Waals surface area contributed by atoms with Crippen LogP contribution in [0.1, 0.15) is 6.92 Å². The molecule has 0 saturated heterocycles. The van der Waals surface area contributed by atoms with Gasteiger partial charge < -0.3 is 19.3 Å². The van der Waals surface area contributed by atoms with Crippen molar-refractivity contribution in [1.82, 2.24) is 0 Å². The van der Waals surface area contributed by atoms with Crippen LogP contribution in [0.5, 0.6) is 5.75 Å². The van der Waals surface area contributed by atoms with E-state index in [2.05, 4.69) is 111 Å². The second kappa shape index (κ2) is 11.1. The molecule has 0 atom stereocenters. The van der Waals surface area contributed by atoms with Gasteiger partial charge in [-0.05, 0) is 79.7 Å². The molecule has 3 rings (SSSR count). The molecule has 3 aromatic rings. The van der Waals surface area contributed by atoms with Crippen LogP contribution in [0.15, 0.2) is 87.5 Å². The van der Waals surface area contributed by atoms with Crippen LogP contribution in [-0.4, -0.2) is 48.0 Å². The van der Waals surface area contributed by atoms with Crippen LogP contribution in [0.2, 0.25) is 0 Å². The predicted molar refractivity (Wildman–Crippen MR) is 132 cm³/mol. The van der Waals surface area contributed by atoms with Crippen LogP contribution in [0.25, 0.3) is 0 Å². The highest BCUT2D eigenvalue weighted by Gasteiger charge is 2.29. The summed E-state index contributed by atoms with van der Waals surface area (Å²) in [6, 6.07) is 26.2. The Bertz CT molecular complexity index is 872. The highest BCUT2D eigenvalue weighted by Crippen LogP contribution is 2.33. The molecule has 4 nitrogen and oxygen atoms in total. The first-order valence-electron chi connectivity index (χ1n) is 10.6. The van der Waals surface area contributed by atoms with Gasteiger partial charge in [-0.25, -0.2) is 0 Å². The molecule has 0 amide bonds. The van der Waals surface area contributed by atoms with Crippen LogP contribution < -0.4 is 14.5 Å². The number of hydrogen-bond acceptors (Lipinski definition) is 4. The lowest BCUT2D eigenvalue weighted by Crippen LogP contribution is -2.11. The molecule has 0 aliphatic carbocycles. The summed E-state index contributed by atoms with van der Waals surface area (Å²) in [6.07, 6.45) is 0. The summed E-state index contributed by atoms with van der Waals surface area (Å²) < 4.78 is 11.2. The average molecular weight is 438 g/mol. The predicted octanol–water partition coefficient (Wildman–Crippen LogP) is 5.33. The number of benzene rings is 3. The molecule has 0 radical (unpaired) electrons. The standard InChI is InChI=1S/C26H33N2O2S/c1-6-29-19-20-30-23-11-17-26(18-12-23)31(24-13-7-21(8-14-24)27(2)3)25-15-9-22(10-16-25)28(4)5/h7-18H,6,19-20H2,1-5H3/q+1. The summed E-state index contributed by atoms with van der Waals surface area (Å²) in [6.45, 7) is 3.88. The summed E-state index contributed by atoms with van der Waals surface area (Å²) in [5.41, 5.74) is 2.40. The molecular weight excluding hydrogens is 404 g/mol. The zero-order chi connectivity index (χ0) is 22.2. The molecule has 0 bridgehead atoms. The Balaban J connectivity index is 1.90. The Morgan fingerprint density at radius 1 is 0.613 bits per heavy atom. The maximum atomic E-state index is 5.81. The van der Waals surface area contributed by atoms with Gasteiger partial charge in [0.1, 0.15) is 12.4 Å². The third-order valence-corrected chi connectivity index (χ3v) is 7.17. The smallest absolute Gasteiger partial charge is 0.166 e. The zero-order valence-electron chi connectivity index (χ0n) is 19.2. The van der Waals surface area contributed by atoms with Crippen LogP contribution in [-0.2, 0) is 15.6 Å². The maximum Gasteiger partial charge on any atom is 0.166 e. The third-order valence-electron chi connectivity index (χ3n) is 4.94. The molecule has 5 heteroatoms. The van der Waals surface area contributed by atoms with Gasteiger partial charge >= 0.3 is 0 Å². The fourth-order valence-electron chi connectivity index (χ4n) is 3.20. The molecule has 0 N–H and O–H groups in total. The van der Waals surface area contributed by atoms with Gasteiger partial charge in [-0.1, -0.05) is 0 Å². The second-order valence-corrected chi connectivity index (χ2v) is 9.63. The highest BCUT2D eigenvalue weighted by molar-refractivity contribution is 7.97. The lowest BCUT2D eigenvalue weighted by Gasteiger charge is -2.15. The highest BCUT2D eigenvalue weighted by atomic mass is 32.2. The van der Waals surface area contributed by atoms with E-state index in [9.17, 15) is 0 Å². The molecule has 164 valence electrons. The lowest BCUT2D eigenvalue weighted by molar-refractivity contribution is 0.110. The quantitative estimate of drug-likeness (QED) is 0.316. The molecule has 3 aromatic carbocycles. The van der Waals surface area contributed by atoms with Crippen molar-refractivity contribution in [3.63, 3.8) is 0 Å². The number of rotatable bonds is 10. The van der Waals surface area contributed by atoms with Gasteiger partial charge in [0.15, 0.2) is 14.7 Å². The van der Waals surface area contributed by atoms with E-state index >= 15 is 0 Å². The van der Waals surface area contributed by atoms with Crippen LogP contribution >= 0.6 is 0 Å². The monoisotopic (exact) mass is 437 g/mol. The molecule has 0 aliphatic heterocycles. The molecule has 0 saturated carbocycles. The number of nitrogens with zero attached hydrogens (tertiary/aromatic N) is 2. The van der Waals surface area contributed by atoms with Crippen molar-refractivity contribution in [2.45, 2.75) is 21.6 Å². The minimum Gasteiger partial charge on any atom is -0.491 e. The molecule has 0 spiro atoms. The largest absolute Gasteiger partial charge is 0.491 e. The molecule has 0 unspecified atom stereocenters. The Labute approximate surface area is 189 Å². The second-order valence-electron chi connectivity index (χ2n) is 7.60. The normalized spacial score (nSPS) is 10.9. The summed E-state index contributed by atoms with van der Waals surface area (Å²) in [5, 5.41) is 0. The van der Waals surface area contributed by atoms with E-state index in [0.717, 1.165) is 5.75 Å². The Hall–Kier alpha value is -2.63. The fourth-order valence-corrected chi connectivity index (χ4v) is 5.24. The van der Waals surface area contributed by atoms with E-state index in [0.29, 0.717) is 19.8 Å². The molecule has 0 aliphatic rings. The molecule has 31 heavy (non-hydrogen) atoms. The van der Waals surface area contributed by atoms with E-state index in [1.807, 2.05) is 6.92 Å². The van der Waals surface area contributed by atoms with Crippen LogP contribution in [0.4, 0.5) is 11.4 Å². The van der Waals surface area contributed by atoms with Crippen molar-refractivity contribution in [2.75, 3.05) is 57.8 Å². The van der Waals surface area contributed by atoms with Gasteiger partial charge in [-0.15, -0.1) is 0 Å². The van der Waals surface area contributed by atoms with Crippen molar-refractivity contribution in [3.05, 3.63) is 72.8 Å². The first-order chi connectivity index (χ1) is 15.0. The van der Waals surface area contributed by atoms with Gasteiger partial charge in [0.05, 0.1) is 17.5 Å². The zero-order valence-corrected chi connectivity index (χ0v) is 20.0. The minimum absolute atomic E-state index is 0.192. The van der Waals surface area contributed by atoms with Crippen molar-refractivity contribution < 1.29 is 9.47 Å². The van der Waals surface area contributed by atoms with E-state index in [-0.39, 0.29) is 10.9 Å². The van der Waals surface area contributed by atoms with Crippen LogP contribution in [0, 0.1) is 0 Å². The van der Waals surface area contributed by atoms with Gasteiger partial charge in [-0.2, -0.15) is 0 Å². The topological polar surface area (TPSA) is 24.9 Å². The number of hydrogen-bond donors (Lipinski definition) is 0. The summed E-state index contributed by atoms with van der Waals surface area (Å²) in [7, 11) is 8.08. The van der Waals surface area contributed by atoms with Crippen LogP contribution in [0.3, 0.4) is 0 Å². The molecular formula is C26H33N2O2S+. The van der Waals surface area contributed by atoms with E-state index < -0.39 is 0 Å². The maximum absolute atomic E-state index is 5.81. The summed E-state index contributed by atoms with van der Waals surface area (Å²) in [5.74, 6) is 0.873. The first kappa shape index (κ1) is 23.0. The Kier molecular flexibility index (Phi) is 8.27. The van der Waals surface area contributed by atoms with Gasteiger partial charge in [0.25, 0.3) is 0 Å². The average Bonchev–Trinajstić information content (AvgIpc) is 2.78. The Morgan fingerprint density at radius 2 is 1.03 bits per heavy atom. The molecule has 0 fully saturated rings. The Morgan fingerprint density at radius 3 is 1.42 bits per heavy atom. The molecule has 0 heterocycles. The SMILES string of the molecule is CCOCCOc1ccc([S+](c2ccc(N(C)C)cc2)c2ccc(N(C)C)cc2)cc1. The van der Waals surface area contributed by atoms with Crippen molar-refractivity contribution in [1.29, 1.82) is 0 Å². The summed E-state index contributed by atoms with van der Waals surface area (Å²) >= 11 is 0. The molecule has 0 aromatic heterocycles.